The molecule has 0 saturated heterocycles. The Morgan fingerprint density at radius 3 is 2.18 bits per heavy atom. The molecule has 0 saturated carbocycles. The minimum atomic E-state index is -3.52. The first-order valence-electron chi connectivity index (χ1n) is 6.29. The highest BCUT2D eigenvalue weighted by atomic mass is 35.5. The summed E-state index contributed by atoms with van der Waals surface area (Å²) < 4.78 is 25.2. The number of carbonyl (C=O) groups is 1. The minimum Gasteiger partial charge on any atom is -0.478 e. The van der Waals surface area contributed by atoms with E-state index in [2.05, 4.69) is 0 Å². The molecule has 2 aromatic rings. The Morgan fingerprint density at radius 1 is 1.09 bits per heavy atom. The summed E-state index contributed by atoms with van der Waals surface area (Å²) >= 11 is 5.92. The monoisotopic (exact) mass is 339 g/mol. The molecule has 0 fully saturated rings. The Hall–Kier alpha value is -1.89. The summed E-state index contributed by atoms with van der Waals surface area (Å²) in [6, 6.07) is 10.5. The van der Waals surface area contributed by atoms with Crippen LogP contribution in [0.4, 0.5) is 0 Å². The number of halogens is 1. The Morgan fingerprint density at radius 2 is 1.68 bits per heavy atom. The zero-order valence-electron chi connectivity index (χ0n) is 11.9. The smallest absolute Gasteiger partial charge is 0.336 e. The molecule has 0 aliphatic heterocycles. The summed E-state index contributed by atoms with van der Waals surface area (Å²) in [5, 5.41) is 9.64. The molecular weight excluding hydrogens is 326 g/mol. The molecule has 2 rings (SSSR count). The molecule has 0 bridgehead atoms. The first-order valence-corrected chi connectivity index (χ1v) is 8.11. The maximum atomic E-state index is 12.0. The van der Waals surface area contributed by atoms with Gasteiger partial charge < -0.3 is 5.11 Å². The third kappa shape index (κ3) is 3.14. The maximum Gasteiger partial charge on any atom is 0.336 e. The standard InChI is InChI=1S/C15H14ClNO4S/c1-17(2)22(20,21)12-6-3-10(4-7-12)14-9-11(16)5-8-13(14)15(18)19/h3-9H,1-2H3,(H,18,19). The number of carboxylic acid groups (broad SMARTS) is 1. The minimum absolute atomic E-state index is 0.104. The predicted molar refractivity (Wildman–Crippen MR) is 84.7 cm³/mol. The number of hydrogen-bond acceptors (Lipinski definition) is 3. The van der Waals surface area contributed by atoms with Crippen LogP contribution in [0.15, 0.2) is 47.4 Å². The van der Waals surface area contributed by atoms with Gasteiger partial charge >= 0.3 is 5.97 Å². The van der Waals surface area contributed by atoms with Crippen molar-refractivity contribution in [1.82, 2.24) is 4.31 Å². The largest absolute Gasteiger partial charge is 0.478 e. The molecule has 0 radical (unpaired) electrons. The highest BCUT2D eigenvalue weighted by Gasteiger charge is 2.18. The van der Waals surface area contributed by atoms with Gasteiger partial charge in [0.25, 0.3) is 0 Å². The van der Waals surface area contributed by atoms with E-state index in [4.69, 9.17) is 11.6 Å². The van der Waals surface area contributed by atoms with Crippen molar-refractivity contribution < 1.29 is 18.3 Å². The number of hydrogen-bond donors (Lipinski definition) is 1. The quantitative estimate of drug-likeness (QED) is 0.929. The van der Waals surface area contributed by atoms with Crippen LogP contribution in [-0.4, -0.2) is 37.9 Å². The van der Waals surface area contributed by atoms with Crippen molar-refractivity contribution in [2.24, 2.45) is 0 Å². The number of nitrogens with zero attached hydrogens (tertiary/aromatic N) is 1. The Kier molecular flexibility index (Phi) is 4.55. The molecule has 0 atom stereocenters. The van der Waals surface area contributed by atoms with Crippen molar-refractivity contribution in [2.75, 3.05) is 14.1 Å². The fraction of sp³-hybridized carbons (Fsp3) is 0.133. The summed E-state index contributed by atoms with van der Waals surface area (Å²) in [4.78, 5) is 11.4. The zero-order chi connectivity index (χ0) is 16.5. The normalized spacial score (nSPS) is 11.6. The number of sulfonamides is 1. The summed E-state index contributed by atoms with van der Waals surface area (Å²) in [6.07, 6.45) is 0. The van der Waals surface area contributed by atoms with Gasteiger partial charge in [-0.15, -0.1) is 0 Å². The molecule has 5 nitrogen and oxygen atoms in total. The van der Waals surface area contributed by atoms with E-state index in [0.717, 1.165) is 4.31 Å². The average Bonchev–Trinajstić information content (AvgIpc) is 2.46. The molecule has 0 amide bonds. The fourth-order valence-corrected chi connectivity index (χ4v) is 3.03. The third-order valence-corrected chi connectivity index (χ3v) is 5.22. The first kappa shape index (κ1) is 16.5. The molecule has 0 spiro atoms. The average molecular weight is 340 g/mol. The predicted octanol–water partition coefficient (Wildman–Crippen LogP) is 2.96. The zero-order valence-corrected chi connectivity index (χ0v) is 13.5. The summed E-state index contributed by atoms with van der Waals surface area (Å²) in [5.74, 6) is -1.07. The third-order valence-electron chi connectivity index (χ3n) is 3.16. The number of benzene rings is 2. The van der Waals surface area contributed by atoms with Crippen LogP contribution in [0.3, 0.4) is 0 Å². The fourth-order valence-electron chi connectivity index (χ4n) is 1.96. The van der Waals surface area contributed by atoms with Gasteiger partial charge in [0.2, 0.25) is 10.0 Å². The lowest BCUT2D eigenvalue weighted by atomic mass is 10.00. The molecular formula is C15H14ClNO4S. The van der Waals surface area contributed by atoms with E-state index in [-0.39, 0.29) is 10.5 Å². The van der Waals surface area contributed by atoms with Crippen LogP contribution in [0.25, 0.3) is 11.1 Å². The van der Waals surface area contributed by atoms with Crippen LogP contribution in [0, 0.1) is 0 Å². The molecule has 0 unspecified atom stereocenters. The van der Waals surface area contributed by atoms with Crippen LogP contribution in [0.5, 0.6) is 0 Å². The second-order valence-corrected chi connectivity index (χ2v) is 7.40. The highest BCUT2D eigenvalue weighted by molar-refractivity contribution is 7.89. The number of aromatic carboxylic acids is 1. The molecule has 22 heavy (non-hydrogen) atoms. The van der Waals surface area contributed by atoms with Gasteiger partial charge in [-0.3, -0.25) is 0 Å². The van der Waals surface area contributed by atoms with Gasteiger partial charge in [-0.2, -0.15) is 0 Å². The second kappa shape index (κ2) is 6.08. The van der Waals surface area contributed by atoms with Crippen LogP contribution in [0.1, 0.15) is 10.4 Å². The van der Waals surface area contributed by atoms with Crippen LogP contribution in [-0.2, 0) is 10.0 Å². The maximum absolute atomic E-state index is 12.0. The van der Waals surface area contributed by atoms with E-state index in [1.165, 1.54) is 38.4 Å². The van der Waals surface area contributed by atoms with Crippen LogP contribution in [0.2, 0.25) is 5.02 Å². The molecule has 0 aromatic heterocycles. The topological polar surface area (TPSA) is 74.7 Å². The lowest BCUT2D eigenvalue weighted by Gasteiger charge is -2.12. The Labute approximate surface area is 133 Å². The van der Waals surface area contributed by atoms with Crippen LogP contribution >= 0.6 is 11.6 Å². The van der Waals surface area contributed by atoms with Gasteiger partial charge in [0.1, 0.15) is 0 Å². The van der Waals surface area contributed by atoms with Gasteiger partial charge in [-0.1, -0.05) is 23.7 Å². The molecule has 0 aliphatic carbocycles. The van der Waals surface area contributed by atoms with E-state index >= 15 is 0 Å². The molecule has 1 N–H and O–H groups in total. The summed E-state index contributed by atoms with van der Waals surface area (Å²) in [5.41, 5.74) is 1.12. The molecule has 0 heterocycles. The van der Waals surface area contributed by atoms with Crippen molar-refractivity contribution in [3.63, 3.8) is 0 Å². The summed E-state index contributed by atoms with van der Waals surface area (Å²) in [7, 11) is -0.625. The second-order valence-electron chi connectivity index (χ2n) is 4.81. The number of rotatable bonds is 4. The van der Waals surface area contributed by atoms with E-state index in [0.29, 0.717) is 16.1 Å². The van der Waals surface area contributed by atoms with Gasteiger partial charge in [0.05, 0.1) is 10.5 Å². The van der Waals surface area contributed by atoms with Crippen molar-refractivity contribution in [2.45, 2.75) is 4.90 Å². The lowest BCUT2D eigenvalue weighted by Crippen LogP contribution is -2.22. The van der Waals surface area contributed by atoms with Gasteiger partial charge in [0, 0.05) is 19.1 Å². The first-order chi connectivity index (χ1) is 10.2. The Balaban J connectivity index is 2.53. The van der Waals surface area contributed by atoms with Crippen molar-refractivity contribution in [1.29, 1.82) is 0 Å². The van der Waals surface area contributed by atoms with E-state index in [1.54, 1.807) is 18.2 Å². The van der Waals surface area contributed by atoms with E-state index in [1.807, 2.05) is 0 Å². The highest BCUT2D eigenvalue weighted by Crippen LogP contribution is 2.28. The van der Waals surface area contributed by atoms with E-state index < -0.39 is 16.0 Å². The van der Waals surface area contributed by atoms with Crippen LogP contribution < -0.4 is 0 Å². The number of carboxylic acids is 1. The molecule has 116 valence electrons. The van der Waals surface area contributed by atoms with Gasteiger partial charge in [-0.05, 0) is 41.5 Å². The molecule has 7 heteroatoms. The van der Waals surface area contributed by atoms with Gasteiger partial charge in [0.15, 0.2) is 0 Å². The molecule has 0 aliphatic rings. The van der Waals surface area contributed by atoms with Crippen molar-refractivity contribution in [3.8, 4) is 11.1 Å². The summed E-state index contributed by atoms with van der Waals surface area (Å²) in [6.45, 7) is 0. The lowest BCUT2D eigenvalue weighted by molar-refractivity contribution is 0.0697. The van der Waals surface area contributed by atoms with Crippen molar-refractivity contribution >= 4 is 27.6 Å². The van der Waals surface area contributed by atoms with Crippen molar-refractivity contribution in [3.05, 3.63) is 53.1 Å². The Bertz CT molecular complexity index is 814. The SMILES string of the molecule is CN(C)S(=O)(=O)c1ccc(-c2cc(Cl)ccc2C(=O)O)cc1. The van der Waals surface area contributed by atoms with Gasteiger partial charge in [-0.25, -0.2) is 17.5 Å². The molecule has 2 aromatic carbocycles. The van der Waals surface area contributed by atoms with E-state index in [9.17, 15) is 18.3 Å².